The SMILES string of the molecule is COc1cc(-c2nccc(Nc3ccc4[nH]ncc4c3)n2)cc2sc(C(=O)Cc3ccnnc3)cc12. The molecule has 0 aliphatic rings. The molecule has 0 spiro atoms. The summed E-state index contributed by atoms with van der Waals surface area (Å²) in [6.07, 6.45) is 6.95. The Bertz CT molecular complexity index is 1710. The van der Waals surface area contributed by atoms with Crippen molar-refractivity contribution in [1.82, 2.24) is 30.4 Å². The lowest BCUT2D eigenvalue weighted by Gasteiger charge is -2.09. The van der Waals surface area contributed by atoms with Crippen molar-refractivity contribution in [3.63, 3.8) is 0 Å². The van der Waals surface area contributed by atoms with Gasteiger partial charge in [-0.1, -0.05) is 0 Å². The number of H-pyrrole nitrogens is 1. The van der Waals surface area contributed by atoms with Crippen LogP contribution in [0.15, 0.2) is 73.3 Å². The van der Waals surface area contributed by atoms with Crippen LogP contribution in [0.3, 0.4) is 0 Å². The first-order chi connectivity index (χ1) is 17.7. The number of Topliss-reactive ketones (excluding diaryl/α,β-unsaturated/α-hetero) is 1. The Balaban J connectivity index is 1.31. The highest BCUT2D eigenvalue weighted by Crippen LogP contribution is 2.37. The topological polar surface area (TPSA) is 119 Å². The second kappa shape index (κ2) is 9.16. The molecule has 6 rings (SSSR count). The van der Waals surface area contributed by atoms with Gasteiger partial charge in [-0.25, -0.2) is 9.97 Å². The van der Waals surface area contributed by atoms with Crippen molar-refractivity contribution in [2.24, 2.45) is 0 Å². The molecule has 6 aromatic rings. The molecule has 0 fully saturated rings. The molecule has 0 atom stereocenters. The van der Waals surface area contributed by atoms with Crippen molar-refractivity contribution < 1.29 is 9.53 Å². The molecule has 0 aliphatic heterocycles. The zero-order chi connectivity index (χ0) is 24.5. The zero-order valence-corrected chi connectivity index (χ0v) is 19.9. The molecular formula is C26H19N7O2S. The first kappa shape index (κ1) is 21.8. The van der Waals surface area contributed by atoms with E-state index in [1.165, 1.54) is 11.3 Å². The van der Waals surface area contributed by atoms with E-state index >= 15 is 0 Å². The maximum atomic E-state index is 12.9. The molecule has 2 aromatic carbocycles. The number of nitrogens with zero attached hydrogens (tertiary/aromatic N) is 5. The van der Waals surface area contributed by atoms with E-state index in [0.29, 0.717) is 22.3 Å². The molecule has 36 heavy (non-hydrogen) atoms. The van der Waals surface area contributed by atoms with Crippen molar-refractivity contribution in [2.45, 2.75) is 6.42 Å². The van der Waals surface area contributed by atoms with Gasteiger partial charge < -0.3 is 10.1 Å². The number of thiophene rings is 1. The van der Waals surface area contributed by atoms with Crippen molar-refractivity contribution in [2.75, 3.05) is 12.4 Å². The summed E-state index contributed by atoms with van der Waals surface area (Å²) in [6, 6.07) is 15.3. The van der Waals surface area contributed by atoms with Gasteiger partial charge in [0.1, 0.15) is 11.6 Å². The first-order valence-corrected chi connectivity index (χ1v) is 11.9. The van der Waals surface area contributed by atoms with E-state index in [1.807, 2.05) is 42.5 Å². The summed E-state index contributed by atoms with van der Waals surface area (Å²) in [7, 11) is 1.62. The predicted octanol–water partition coefficient (Wildman–Crippen LogP) is 5.20. The molecular weight excluding hydrogens is 474 g/mol. The van der Waals surface area contributed by atoms with Gasteiger partial charge in [-0.2, -0.15) is 15.3 Å². The number of ketones is 1. The number of anilines is 2. The van der Waals surface area contributed by atoms with Crippen LogP contribution in [0.2, 0.25) is 0 Å². The maximum Gasteiger partial charge on any atom is 0.177 e. The summed E-state index contributed by atoms with van der Waals surface area (Å²) < 4.78 is 6.58. The minimum atomic E-state index is 0.0184. The molecule has 0 saturated carbocycles. The van der Waals surface area contributed by atoms with Crippen LogP contribution in [0.25, 0.3) is 32.4 Å². The maximum absolute atomic E-state index is 12.9. The number of aromatic nitrogens is 6. The molecule has 4 heterocycles. The molecule has 9 nitrogen and oxygen atoms in total. The second-order valence-corrected chi connectivity index (χ2v) is 9.20. The van der Waals surface area contributed by atoms with E-state index in [0.717, 1.165) is 37.8 Å². The van der Waals surface area contributed by atoms with Crippen LogP contribution in [-0.2, 0) is 6.42 Å². The number of rotatable bonds is 7. The summed E-state index contributed by atoms with van der Waals surface area (Å²) in [5.41, 5.74) is 3.49. The van der Waals surface area contributed by atoms with Crippen LogP contribution in [0.4, 0.5) is 11.5 Å². The quantitative estimate of drug-likeness (QED) is 0.291. The molecule has 0 radical (unpaired) electrons. The number of carbonyl (C=O) groups is 1. The lowest BCUT2D eigenvalue weighted by Crippen LogP contribution is -2.01. The fourth-order valence-corrected chi connectivity index (χ4v) is 5.03. The summed E-state index contributed by atoms with van der Waals surface area (Å²) in [6.45, 7) is 0. The predicted molar refractivity (Wildman–Crippen MR) is 139 cm³/mol. The van der Waals surface area contributed by atoms with Gasteiger partial charge in [0.15, 0.2) is 11.6 Å². The largest absolute Gasteiger partial charge is 0.496 e. The number of aromatic amines is 1. The van der Waals surface area contributed by atoms with Gasteiger partial charge in [-0.15, -0.1) is 11.3 Å². The normalized spacial score (nSPS) is 11.1. The average Bonchev–Trinajstić information content (AvgIpc) is 3.56. The average molecular weight is 494 g/mol. The molecule has 0 bridgehead atoms. The monoisotopic (exact) mass is 493 g/mol. The highest BCUT2D eigenvalue weighted by Gasteiger charge is 2.16. The Labute approximate surface area is 209 Å². The van der Waals surface area contributed by atoms with Gasteiger partial charge in [-0.3, -0.25) is 9.89 Å². The molecule has 0 unspecified atom stereocenters. The van der Waals surface area contributed by atoms with E-state index in [4.69, 9.17) is 9.72 Å². The van der Waals surface area contributed by atoms with Gasteiger partial charge in [0.2, 0.25) is 0 Å². The van der Waals surface area contributed by atoms with Crippen LogP contribution < -0.4 is 10.1 Å². The number of carbonyl (C=O) groups excluding carboxylic acids is 1. The van der Waals surface area contributed by atoms with Crippen LogP contribution >= 0.6 is 11.3 Å². The van der Waals surface area contributed by atoms with Crippen molar-refractivity contribution in [1.29, 1.82) is 0 Å². The van der Waals surface area contributed by atoms with E-state index in [-0.39, 0.29) is 12.2 Å². The molecule has 2 N–H and O–H groups in total. The Morgan fingerprint density at radius 3 is 2.86 bits per heavy atom. The minimum absolute atomic E-state index is 0.0184. The summed E-state index contributed by atoms with van der Waals surface area (Å²) in [5, 5.41) is 19.8. The number of hydrogen-bond acceptors (Lipinski definition) is 9. The number of hydrogen-bond donors (Lipinski definition) is 2. The van der Waals surface area contributed by atoms with E-state index in [1.54, 1.807) is 38.0 Å². The molecule has 10 heteroatoms. The second-order valence-electron chi connectivity index (χ2n) is 8.11. The summed E-state index contributed by atoms with van der Waals surface area (Å²) >= 11 is 1.43. The van der Waals surface area contributed by atoms with Crippen LogP contribution in [-0.4, -0.2) is 43.3 Å². The van der Waals surface area contributed by atoms with Gasteiger partial charge in [-0.05, 0) is 54.1 Å². The molecule has 0 aliphatic carbocycles. The number of nitrogens with one attached hydrogen (secondary N) is 2. The minimum Gasteiger partial charge on any atom is -0.496 e. The smallest absolute Gasteiger partial charge is 0.177 e. The van der Waals surface area contributed by atoms with Crippen LogP contribution in [0, 0.1) is 0 Å². The Kier molecular flexibility index (Phi) is 5.55. The van der Waals surface area contributed by atoms with E-state index < -0.39 is 0 Å². The fourth-order valence-electron chi connectivity index (χ4n) is 3.97. The third-order valence-corrected chi connectivity index (χ3v) is 6.85. The fraction of sp³-hybridized carbons (Fsp3) is 0.0769. The standard InChI is InChI=1S/C26H19N7O2S/c1-35-22-10-16(11-23-19(22)12-24(36-23)21(34)8-15-4-7-28-29-13-15)26-27-6-5-25(32-26)31-18-2-3-20-17(9-18)14-30-33-20/h2-7,9-14H,8H2,1H3,(H,30,33)(H,27,31,32). The zero-order valence-electron chi connectivity index (χ0n) is 19.1. The Morgan fingerprint density at radius 1 is 1.06 bits per heavy atom. The third kappa shape index (κ3) is 4.25. The van der Waals surface area contributed by atoms with Gasteiger partial charge >= 0.3 is 0 Å². The molecule has 0 amide bonds. The van der Waals surface area contributed by atoms with E-state index in [2.05, 4.69) is 30.7 Å². The van der Waals surface area contributed by atoms with Gasteiger partial charge in [0, 0.05) is 45.5 Å². The number of ether oxygens (including phenoxy) is 1. The summed E-state index contributed by atoms with van der Waals surface area (Å²) in [5.74, 6) is 1.89. The van der Waals surface area contributed by atoms with Crippen LogP contribution in [0.1, 0.15) is 15.2 Å². The van der Waals surface area contributed by atoms with Crippen molar-refractivity contribution >= 4 is 49.6 Å². The highest BCUT2D eigenvalue weighted by atomic mass is 32.1. The molecule has 176 valence electrons. The lowest BCUT2D eigenvalue weighted by molar-refractivity contribution is 0.0996. The van der Waals surface area contributed by atoms with Crippen molar-refractivity contribution in [3.05, 3.63) is 83.8 Å². The first-order valence-electron chi connectivity index (χ1n) is 11.1. The highest BCUT2D eigenvalue weighted by molar-refractivity contribution is 7.21. The lowest BCUT2D eigenvalue weighted by atomic mass is 10.1. The molecule has 4 aromatic heterocycles. The van der Waals surface area contributed by atoms with E-state index in [9.17, 15) is 4.79 Å². The van der Waals surface area contributed by atoms with Crippen molar-refractivity contribution in [3.8, 4) is 17.1 Å². The Morgan fingerprint density at radius 2 is 2.00 bits per heavy atom. The van der Waals surface area contributed by atoms with Gasteiger partial charge in [0.25, 0.3) is 0 Å². The third-order valence-electron chi connectivity index (χ3n) is 5.73. The Hall–Kier alpha value is -4.70. The summed E-state index contributed by atoms with van der Waals surface area (Å²) in [4.78, 5) is 22.7. The van der Waals surface area contributed by atoms with Gasteiger partial charge in [0.05, 0.1) is 29.9 Å². The number of benzene rings is 2. The number of fused-ring (bicyclic) bond motifs is 2. The van der Waals surface area contributed by atoms with Crippen LogP contribution in [0.5, 0.6) is 5.75 Å². The number of methoxy groups -OCH3 is 1. The molecule has 0 saturated heterocycles.